The standard InChI is InChI=1S/C11H12N2O3/c1-3-8-7(6-13(2)12-8)9-4-5-10(16-9)11(14)15/h4-6H,3H2,1-2H3,(H,14,15). The Morgan fingerprint density at radius 1 is 1.56 bits per heavy atom. The molecule has 0 bridgehead atoms. The van der Waals surface area contributed by atoms with E-state index >= 15 is 0 Å². The molecule has 1 N–H and O–H groups in total. The number of carboxylic acid groups (broad SMARTS) is 1. The molecule has 84 valence electrons. The molecule has 5 heteroatoms. The molecule has 0 amide bonds. The lowest BCUT2D eigenvalue weighted by atomic mass is 10.2. The van der Waals surface area contributed by atoms with Crippen LogP contribution in [0.1, 0.15) is 23.2 Å². The predicted molar refractivity (Wildman–Crippen MR) is 57.2 cm³/mol. The molecule has 0 saturated heterocycles. The van der Waals surface area contributed by atoms with E-state index in [0.717, 1.165) is 17.7 Å². The zero-order valence-corrected chi connectivity index (χ0v) is 9.10. The van der Waals surface area contributed by atoms with Crippen LogP contribution in [0.5, 0.6) is 0 Å². The van der Waals surface area contributed by atoms with Crippen molar-refractivity contribution in [3.63, 3.8) is 0 Å². The summed E-state index contributed by atoms with van der Waals surface area (Å²) in [5.41, 5.74) is 1.74. The van der Waals surface area contributed by atoms with Crippen molar-refractivity contribution in [2.45, 2.75) is 13.3 Å². The van der Waals surface area contributed by atoms with Gasteiger partial charge in [0.2, 0.25) is 5.76 Å². The minimum atomic E-state index is -1.06. The van der Waals surface area contributed by atoms with Gasteiger partial charge in [-0.15, -0.1) is 0 Å². The highest BCUT2D eigenvalue weighted by molar-refractivity contribution is 5.85. The molecule has 5 nitrogen and oxygen atoms in total. The Bertz CT molecular complexity index is 525. The van der Waals surface area contributed by atoms with Gasteiger partial charge in [0.05, 0.1) is 11.3 Å². The molecule has 2 heterocycles. The van der Waals surface area contributed by atoms with Gasteiger partial charge >= 0.3 is 5.97 Å². The molecule has 0 aromatic carbocycles. The van der Waals surface area contributed by atoms with Crippen LogP contribution < -0.4 is 0 Å². The number of furan rings is 1. The van der Waals surface area contributed by atoms with Crippen LogP contribution in [0.4, 0.5) is 0 Å². The van der Waals surface area contributed by atoms with Crippen molar-refractivity contribution in [2.75, 3.05) is 0 Å². The summed E-state index contributed by atoms with van der Waals surface area (Å²) in [6.45, 7) is 1.99. The Morgan fingerprint density at radius 2 is 2.31 bits per heavy atom. The second kappa shape index (κ2) is 3.84. The van der Waals surface area contributed by atoms with Gasteiger partial charge in [0.1, 0.15) is 5.76 Å². The fourth-order valence-corrected chi connectivity index (χ4v) is 1.60. The number of hydrogen-bond donors (Lipinski definition) is 1. The van der Waals surface area contributed by atoms with E-state index in [1.54, 1.807) is 10.7 Å². The molecule has 16 heavy (non-hydrogen) atoms. The SMILES string of the molecule is CCc1nn(C)cc1-c1ccc(C(=O)O)o1. The maximum atomic E-state index is 10.7. The average molecular weight is 220 g/mol. The average Bonchev–Trinajstić information content (AvgIpc) is 2.82. The van der Waals surface area contributed by atoms with Crippen LogP contribution in [0.3, 0.4) is 0 Å². The van der Waals surface area contributed by atoms with Gasteiger partial charge in [0, 0.05) is 13.2 Å². The van der Waals surface area contributed by atoms with Crippen LogP contribution >= 0.6 is 0 Å². The van der Waals surface area contributed by atoms with Gasteiger partial charge in [-0.1, -0.05) is 6.92 Å². The number of aromatic nitrogens is 2. The van der Waals surface area contributed by atoms with Crippen molar-refractivity contribution in [1.82, 2.24) is 9.78 Å². The maximum absolute atomic E-state index is 10.7. The second-order valence-electron chi connectivity index (χ2n) is 3.49. The number of rotatable bonds is 3. The van der Waals surface area contributed by atoms with Gasteiger partial charge in [-0.3, -0.25) is 4.68 Å². The van der Waals surface area contributed by atoms with Crippen LogP contribution in [-0.2, 0) is 13.5 Å². The summed E-state index contributed by atoms with van der Waals surface area (Å²) in [6.07, 6.45) is 2.60. The number of hydrogen-bond acceptors (Lipinski definition) is 3. The van der Waals surface area contributed by atoms with Crippen LogP contribution in [0.25, 0.3) is 11.3 Å². The van der Waals surface area contributed by atoms with E-state index in [2.05, 4.69) is 5.10 Å². The molecule has 0 aliphatic rings. The molecule has 2 aromatic rings. The topological polar surface area (TPSA) is 68.3 Å². The molecule has 2 rings (SSSR count). The lowest BCUT2D eigenvalue weighted by Crippen LogP contribution is -1.91. The predicted octanol–water partition coefficient (Wildman–Crippen LogP) is 1.94. The van der Waals surface area contributed by atoms with Gasteiger partial charge in [0.15, 0.2) is 0 Å². The summed E-state index contributed by atoms with van der Waals surface area (Å²) in [6, 6.07) is 3.10. The number of nitrogens with zero attached hydrogens (tertiary/aromatic N) is 2. The minimum Gasteiger partial charge on any atom is -0.475 e. The van der Waals surface area contributed by atoms with Gasteiger partial charge in [-0.25, -0.2) is 4.79 Å². The first-order valence-electron chi connectivity index (χ1n) is 4.98. The molecule has 0 aliphatic carbocycles. The lowest BCUT2D eigenvalue weighted by Gasteiger charge is -1.94. The smallest absolute Gasteiger partial charge is 0.371 e. The first-order valence-corrected chi connectivity index (χ1v) is 4.98. The molecule has 2 aromatic heterocycles. The van der Waals surface area contributed by atoms with E-state index in [1.165, 1.54) is 6.07 Å². The molecule has 0 atom stereocenters. The second-order valence-corrected chi connectivity index (χ2v) is 3.49. The monoisotopic (exact) mass is 220 g/mol. The Labute approximate surface area is 92.3 Å². The lowest BCUT2D eigenvalue weighted by molar-refractivity contribution is 0.0663. The number of aryl methyl sites for hydroxylation is 2. The maximum Gasteiger partial charge on any atom is 0.371 e. The summed E-state index contributed by atoms with van der Waals surface area (Å²) < 4.78 is 6.93. The van der Waals surface area contributed by atoms with Crippen molar-refractivity contribution in [1.29, 1.82) is 0 Å². The molecule has 0 fully saturated rings. The summed E-state index contributed by atoms with van der Waals surface area (Å²) >= 11 is 0. The third kappa shape index (κ3) is 1.71. The van der Waals surface area contributed by atoms with Crippen molar-refractivity contribution >= 4 is 5.97 Å². The van der Waals surface area contributed by atoms with Crippen molar-refractivity contribution < 1.29 is 14.3 Å². The highest BCUT2D eigenvalue weighted by atomic mass is 16.4. The van der Waals surface area contributed by atoms with E-state index < -0.39 is 5.97 Å². The Morgan fingerprint density at radius 3 is 2.88 bits per heavy atom. The molecule has 0 unspecified atom stereocenters. The summed E-state index contributed by atoms with van der Waals surface area (Å²) in [5, 5.41) is 13.0. The fraction of sp³-hybridized carbons (Fsp3) is 0.273. The Kier molecular flexibility index (Phi) is 2.52. The highest BCUT2D eigenvalue weighted by Gasteiger charge is 2.14. The first-order chi connectivity index (χ1) is 7.61. The first kappa shape index (κ1) is 10.5. The summed E-state index contributed by atoms with van der Waals surface area (Å²) in [4.78, 5) is 10.7. The normalized spacial score (nSPS) is 10.6. The zero-order valence-electron chi connectivity index (χ0n) is 9.10. The van der Waals surface area contributed by atoms with Crippen molar-refractivity contribution in [3.05, 3.63) is 29.8 Å². The molecule has 0 spiro atoms. The van der Waals surface area contributed by atoms with E-state index in [-0.39, 0.29) is 5.76 Å². The fourth-order valence-electron chi connectivity index (χ4n) is 1.60. The van der Waals surface area contributed by atoms with Crippen molar-refractivity contribution in [3.8, 4) is 11.3 Å². The molecule has 0 aliphatic heterocycles. The zero-order chi connectivity index (χ0) is 11.7. The summed E-state index contributed by atoms with van der Waals surface area (Å²) in [5.74, 6) is -0.573. The number of carbonyl (C=O) groups is 1. The van der Waals surface area contributed by atoms with E-state index in [0.29, 0.717) is 5.76 Å². The van der Waals surface area contributed by atoms with Gasteiger partial charge in [0.25, 0.3) is 0 Å². The highest BCUT2D eigenvalue weighted by Crippen LogP contribution is 2.25. The van der Waals surface area contributed by atoms with Gasteiger partial charge < -0.3 is 9.52 Å². The quantitative estimate of drug-likeness (QED) is 0.858. The largest absolute Gasteiger partial charge is 0.475 e. The molecule has 0 radical (unpaired) electrons. The Hall–Kier alpha value is -2.04. The van der Waals surface area contributed by atoms with Crippen molar-refractivity contribution in [2.24, 2.45) is 7.05 Å². The van der Waals surface area contributed by atoms with Gasteiger partial charge in [-0.2, -0.15) is 5.10 Å². The molecular formula is C11H12N2O3. The van der Waals surface area contributed by atoms with E-state index in [9.17, 15) is 4.79 Å². The summed E-state index contributed by atoms with van der Waals surface area (Å²) in [7, 11) is 1.82. The third-order valence-electron chi connectivity index (χ3n) is 2.32. The third-order valence-corrected chi connectivity index (χ3v) is 2.32. The Balaban J connectivity index is 2.45. The van der Waals surface area contributed by atoms with Crippen LogP contribution in [0, 0.1) is 0 Å². The van der Waals surface area contributed by atoms with E-state index in [4.69, 9.17) is 9.52 Å². The molecular weight excluding hydrogens is 208 g/mol. The van der Waals surface area contributed by atoms with Crippen LogP contribution in [-0.4, -0.2) is 20.9 Å². The van der Waals surface area contributed by atoms with E-state index in [1.807, 2.05) is 20.2 Å². The minimum absolute atomic E-state index is 0.0547. The van der Waals surface area contributed by atoms with Crippen LogP contribution in [0.2, 0.25) is 0 Å². The van der Waals surface area contributed by atoms with Gasteiger partial charge in [-0.05, 0) is 18.6 Å². The molecule has 0 saturated carbocycles. The van der Waals surface area contributed by atoms with Crippen LogP contribution in [0.15, 0.2) is 22.7 Å². The number of aromatic carboxylic acids is 1. The number of carboxylic acids is 1.